The molecule has 0 saturated carbocycles. The van der Waals surface area contributed by atoms with Crippen molar-refractivity contribution in [3.05, 3.63) is 59.7 Å². The Hall–Kier alpha value is -2.01. The van der Waals surface area contributed by atoms with E-state index in [1.54, 1.807) is 30.3 Å². The molecule has 0 aromatic heterocycles. The predicted octanol–water partition coefficient (Wildman–Crippen LogP) is 3.33. The summed E-state index contributed by atoms with van der Waals surface area (Å²) in [6, 6.07) is 14.3. The lowest BCUT2D eigenvalue weighted by atomic mass is 10.0. The van der Waals surface area contributed by atoms with Crippen molar-refractivity contribution in [2.75, 3.05) is 10.5 Å². The van der Waals surface area contributed by atoms with Gasteiger partial charge in [-0.25, -0.2) is 8.42 Å². The predicted molar refractivity (Wildman–Crippen MR) is 87.6 cm³/mol. The van der Waals surface area contributed by atoms with E-state index in [1.807, 2.05) is 32.0 Å². The normalized spacial score (nSPS) is 11.6. The lowest BCUT2D eigenvalue weighted by Crippen LogP contribution is -2.16. The standard InChI is InChI=1S/C16H20N2O2S/c1-12(2)15-5-3-4-6-16(15)18-21(19,20)11-13-7-9-14(17)10-8-13/h3-10,12,18H,11,17H2,1-2H3. The van der Waals surface area contributed by atoms with E-state index >= 15 is 0 Å². The van der Waals surface area contributed by atoms with Gasteiger partial charge in [0.05, 0.1) is 11.4 Å². The smallest absolute Gasteiger partial charge is 0.236 e. The highest BCUT2D eigenvalue weighted by Gasteiger charge is 2.15. The third-order valence-electron chi connectivity index (χ3n) is 3.18. The Bertz CT molecular complexity index is 707. The topological polar surface area (TPSA) is 72.2 Å². The number of para-hydroxylation sites is 1. The number of hydrogen-bond donors (Lipinski definition) is 2. The Kier molecular flexibility index (Phi) is 4.53. The summed E-state index contributed by atoms with van der Waals surface area (Å²) in [5, 5.41) is 0. The highest BCUT2D eigenvalue weighted by Crippen LogP contribution is 2.25. The van der Waals surface area contributed by atoms with Gasteiger partial charge in [0.2, 0.25) is 10.0 Å². The molecule has 4 nitrogen and oxygen atoms in total. The van der Waals surface area contributed by atoms with Crippen molar-refractivity contribution < 1.29 is 8.42 Å². The van der Waals surface area contributed by atoms with Crippen LogP contribution >= 0.6 is 0 Å². The Morgan fingerprint density at radius 1 is 1.05 bits per heavy atom. The molecule has 0 radical (unpaired) electrons. The number of anilines is 2. The Morgan fingerprint density at radius 3 is 2.29 bits per heavy atom. The van der Waals surface area contributed by atoms with E-state index in [4.69, 9.17) is 5.73 Å². The molecule has 2 aromatic carbocycles. The third-order valence-corrected chi connectivity index (χ3v) is 4.43. The summed E-state index contributed by atoms with van der Waals surface area (Å²) in [5.74, 6) is 0.181. The number of nitrogens with one attached hydrogen (secondary N) is 1. The third kappa shape index (κ3) is 4.23. The highest BCUT2D eigenvalue weighted by atomic mass is 32.2. The molecule has 0 aliphatic carbocycles. The molecular formula is C16H20N2O2S. The minimum Gasteiger partial charge on any atom is -0.399 e. The molecule has 2 aromatic rings. The Labute approximate surface area is 126 Å². The van der Waals surface area contributed by atoms with Gasteiger partial charge >= 0.3 is 0 Å². The molecule has 3 N–H and O–H groups in total. The van der Waals surface area contributed by atoms with E-state index in [1.165, 1.54) is 0 Å². The largest absolute Gasteiger partial charge is 0.399 e. The summed E-state index contributed by atoms with van der Waals surface area (Å²) < 4.78 is 27.2. The molecule has 112 valence electrons. The van der Waals surface area contributed by atoms with E-state index < -0.39 is 10.0 Å². The Balaban J connectivity index is 2.20. The van der Waals surface area contributed by atoms with Crippen molar-refractivity contribution in [1.29, 1.82) is 0 Å². The van der Waals surface area contributed by atoms with Crippen LogP contribution in [0.5, 0.6) is 0 Å². The van der Waals surface area contributed by atoms with E-state index in [2.05, 4.69) is 4.72 Å². The van der Waals surface area contributed by atoms with Crippen LogP contribution in [0.4, 0.5) is 11.4 Å². The number of hydrogen-bond acceptors (Lipinski definition) is 3. The number of rotatable bonds is 5. The molecule has 0 saturated heterocycles. The molecule has 0 spiro atoms. The van der Waals surface area contributed by atoms with E-state index in [9.17, 15) is 8.42 Å². The van der Waals surface area contributed by atoms with Crippen LogP contribution in [0.3, 0.4) is 0 Å². The average Bonchev–Trinajstić information content (AvgIpc) is 2.41. The zero-order valence-electron chi connectivity index (χ0n) is 12.2. The molecule has 21 heavy (non-hydrogen) atoms. The van der Waals surface area contributed by atoms with Gasteiger partial charge in [-0.3, -0.25) is 4.72 Å². The van der Waals surface area contributed by atoms with Crippen molar-refractivity contribution in [2.45, 2.75) is 25.5 Å². The molecule has 0 bridgehead atoms. The molecule has 0 heterocycles. The first kappa shape index (κ1) is 15.4. The molecular weight excluding hydrogens is 284 g/mol. The maximum atomic E-state index is 12.3. The van der Waals surface area contributed by atoms with Gasteiger partial charge in [0, 0.05) is 5.69 Å². The fraction of sp³-hybridized carbons (Fsp3) is 0.250. The zero-order valence-corrected chi connectivity index (χ0v) is 13.0. The van der Waals surface area contributed by atoms with Crippen molar-refractivity contribution in [2.24, 2.45) is 0 Å². The lowest BCUT2D eigenvalue weighted by molar-refractivity contribution is 0.600. The number of nitrogen functional groups attached to an aromatic ring is 1. The maximum absolute atomic E-state index is 12.3. The summed E-state index contributed by atoms with van der Waals surface area (Å²) in [5.41, 5.74) is 8.56. The molecule has 5 heteroatoms. The lowest BCUT2D eigenvalue weighted by Gasteiger charge is -2.14. The van der Waals surface area contributed by atoms with Crippen LogP contribution in [0.15, 0.2) is 48.5 Å². The molecule has 0 aliphatic rings. The second kappa shape index (κ2) is 6.18. The zero-order chi connectivity index (χ0) is 15.5. The van der Waals surface area contributed by atoms with Gasteiger partial charge in [-0.05, 0) is 35.2 Å². The van der Waals surface area contributed by atoms with Crippen LogP contribution < -0.4 is 10.5 Å². The highest BCUT2D eigenvalue weighted by molar-refractivity contribution is 7.91. The first-order valence-electron chi connectivity index (χ1n) is 6.81. The molecule has 0 atom stereocenters. The quantitative estimate of drug-likeness (QED) is 0.832. The SMILES string of the molecule is CC(C)c1ccccc1NS(=O)(=O)Cc1ccc(N)cc1. The monoisotopic (exact) mass is 304 g/mol. The van der Waals surface area contributed by atoms with Gasteiger partial charge < -0.3 is 5.73 Å². The van der Waals surface area contributed by atoms with Crippen LogP contribution in [0, 0.1) is 0 Å². The van der Waals surface area contributed by atoms with Crippen LogP contribution in [-0.4, -0.2) is 8.42 Å². The summed E-state index contributed by atoms with van der Waals surface area (Å²) in [7, 11) is -3.45. The fourth-order valence-electron chi connectivity index (χ4n) is 2.13. The molecule has 0 aliphatic heterocycles. The Morgan fingerprint density at radius 2 is 1.67 bits per heavy atom. The summed E-state index contributed by atoms with van der Waals surface area (Å²) in [6.45, 7) is 4.07. The van der Waals surface area contributed by atoms with Crippen molar-refractivity contribution in [3.8, 4) is 0 Å². The van der Waals surface area contributed by atoms with Gasteiger partial charge in [0.15, 0.2) is 0 Å². The van der Waals surface area contributed by atoms with Crippen LogP contribution in [0.1, 0.15) is 30.9 Å². The summed E-state index contributed by atoms with van der Waals surface area (Å²) >= 11 is 0. The van der Waals surface area contributed by atoms with Gasteiger partial charge in [-0.1, -0.05) is 44.2 Å². The van der Waals surface area contributed by atoms with Crippen molar-refractivity contribution in [3.63, 3.8) is 0 Å². The van der Waals surface area contributed by atoms with Crippen LogP contribution in [0.2, 0.25) is 0 Å². The fourth-order valence-corrected chi connectivity index (χ4v) is 3.35. The minimum atomic E-state index is -3.45. The first-order chi connectivity index (χ1) is 9.87. The maximum Gasteiger partial charge on any atom is 0.236 e. The molecule has 0 fully saturated rings. The van der Waals surface area contributed by atoms with Gasteiger partial charge in [0.25, 0.3) is 0 Å². The number of sulfonamides is 1. The van der Waals surface area contributed by atoms with Crippen molar-refractivity contribution in [1.82, 2.24) is 0 Å². The average molecular weight is 304 g/mol. The van der Waals surface area contributed by atoms with Crippen molar-refractivity contribution >= 4 is 21.4 Å². The number of benzene rings is 2. The van der Waals surface area contributed by atoms with E-state index in [-0.39, 0.29) is 11.7 Å². The van der Waals surface area contributed by atoms with E-state index in [0.29, 0.717) is 16.9 Å². The van der Waals surface area contributed by atoms with E-state index in [0.717, 1.165) is 5.56 Å². The second-order valence-electron chi connectivity index (χ2n) is 5.34. The molecule has 0 amide bonds. The molecule has 0 unspecified atom stereocenters. The minimum absolute atomic E-state index is 0.0697. The van der Waals surface area contributed by atoms with Gasteiger partial charge in [0.1, 0.15) is 0 Å². The summed E-state index contributed by atoms with van der Waals surface area (Å²) in [6.07, 6.45) is 0. The first-order valence-corrected chi connectivity index (χ1v) is 8.46. The second-order valence-corrected chi connectivity index (χ2v) is 7.07. The number of nitrogens with two attached hydrogens (primary N) is 1. The molecule has 2 rings (SSSR count). The van der Waals surface area contributed by atoms with Crippen LogP contribution in [-0.2, 0) is 15.8 Å². The summed E-state index contributed by atoms with van der Waals surface area (Å²) in [4.78, 5) is 0. The van der Waals surface area contributed by atoms with Gasteiger partial charge in [-0.2, -0.15) is 0 Å². The van der Waals surface area contributed by atoms with Crippen LogP contribution in [0.25, 0.3) is 0 Å². The van der Waals surface area contributed by atoms with Gasteiger partial charge in [-0.15, -0.1) is 0 Å².